The molecule has 166 valence electrons. The van der Waals surface area contributed by atoms with Crippen LogP contribution in [-0.2, 0) is 11.3 Å². The number of thiazole rings is 1. The first-order valence-electron chi connectivity index (χ1n) is 10.5. The quantitative estimate of drug-likeness (QED) is 0.240. The Hall–Kier alpha value is -2.94. The number of carbonyl (C=O) groups is 1. The van der Waals surface area contributed by atoms with Gasteiger partial charge in [0.05, 0.1) is 29.4 Å². The van der Waals surface area contributed by atoms with Crippen LogP contribution >= 0.6 is 11.3 Å². The number of aliphatic imine (C=N–C) groups is 1. The van der Waals surface area contributed by atoms with E-state index in [-0.39, 0.29) is 12.0 Å². The van der Waals surface area contributed by atoms with Crippen LogP contribution in [0.5, 0.6) is 0 Å². The summed E-state index contributed by atoms with van der Waals surface area (Å²) in [6.45, 7) is 9.66. The fourth-order valence-corrected chi connectivity index (χ4v) is 4.34. The van der Waals surface area contributed by atoms with Crippen molar-refractivity contribution in [3.05, 3.63) is 45.7 Å². The number of aryl methyl sites for hydroxylation is 3. The van der Waals surface area contributed by atoms with Gasteiger partial charge in [-0.1, -0.05) is 12.1 Å². The van der Waals surface area contributed by atoms with E-state index in [0.717, 1.165) is 41.4 Å². The number of aromatic nitrogens is 3. The van der Waals surface area contributed by atoms with E-state index in [0.29, 0.717) is 23.1 Å². The van der Waals surface area contributed by atoms with Crippen molar-refractivity contribution in [3.8, 4) is 0 Å². The number of guanidine groups is 1. The van der Waals surface area contributed by atoms with Gasteiger partial charge >= 0.3 is 5.97 Å². The number of hydrogen-bond acceptors (Lipinski definition) is 6. The molecule has 0 amide bonds. The molecule has 2 aromatic heterocycles. The van der Waals surface area contributed by atoms with Gasteiger partial charge in [0.25, 0.3) is 0 Å². The lowest BCUT2D eigenvalue weighted by Gasteiger charge is -2.16. The number of carbonyl (C=O) groups excluding carboxylic acids is 1. The number of para-hydroxylation sites is 2. The van der Waals surface area contributed by atoms with Crippen LogP contribution < -0.4 is 10.6 Å². The average molecular weight is 443 g/mol. The summed E-state index contributed by atoms with van der Waals surface area (Å²) in [4.78, 5) is 26.1. The number of rotatable bonds is 8. The van der Waals surface area contributed by atoms with E-state index in [1.807, 2.05) is 39.0 Å². The van der Waals surface area contributed by atoms with Crippen molar-refractivity contribution in [2.24, 2.45) is 4.99 Å². The number of hydrogen-bond donors (Lipinski definition) is 2. The highest BCUT2D eigenvalue weighted by Crippen LogP contribution is 2.24. The molecule has 0 radical (unpaired) electrons. The molecular weight excluding hydrogens is 412 g/mol. The molecule has 8 nitrogen and oxygen atoms in total. The number of imidazole rings is 1. The van der Waals surface area contributed by atoms with Gasteiger partial charge in [-0.2, -0.15) is 0 Å². The lowest BCUT2D eigenvalue weighted by molar-refractivity contribution is 0.0531. The molecule has 1 aromatic carbocycles. The molecule has 0 aliphatic heterocycles. The summed E-state index contributed by atoms with van der Waals surface area (Å²) in [6, 6.07) is 8.11. The van der Waals surface area contributed by atoms with Crippen LogP contribution in [-0.4, -0.2) is 46.7 Å². The third-order valence-electron chi connectivity index (χ3n) is 4.92. The van der Waals surface area contributed by atoms with Crippen molar-refractivity contribution in [1.82, 2.24) is 25.2 Å². The van der Waals surface area contributed by atoms with Gasteiger partial charge in [0.1, 0.15) is 15.7 Å². The first-order valence-corrected chi connectivity index (χ1v) is 11.3. The van der Waals surface area contributed by atoms with Gasteiger partial charge in [0.2, 0.25) is 0 Å². The largest absolute Gasteiger partial charge is 0.462 e. The smallest absolute Gasteiger partial charge is 0.350 e. The van der Waals surface area contributed by atoms with Gasteiger partial charge in [-0.3, -0.25) is 4.99 Å². The number of benzene rings is 1. The number of nitrogens with one attached hydrogen (secondary N) is 2. The first kappa shape index (κ1) is 22.7. The summed E-state index contributed by atoms with van der Waals surface area (Å²) in [5.41, 5.74) is 2.88. The molecule has 1 atom stereocenters. The monoisotopic (exact) mass is 442 g/mol. The van der Waals surface area contributed by atoms with E-state index in [1.165, 1.54) is 11.3 Å². The SMILES string of the molecule is CCOC(=O)c1sc(C(C)NC(=NC)NCCCn2c(C)nc3ccccc32)nc1C. The van der Waals surface area contributed by atoms with E-state index in [1.54, 1.807) is 14.0 Å². The number of ether oxygens (including phenoxy) is 1. The predicted octanol–water partition coefficient (Wildman–Crippen LogP) is 3.60. The van der Waals surface area contributed by atoms with Crippen LogP contribution in [0.1, 0.15) is 52.5 Å². The zero-order chi connectivity index (χ0) is 22.4. The molecule has 3 aromatic rings. The van der Waals surface area contributed by atoms with Crippen molar-refractivity contribution in [1.29, 1.82) is 0 Å². The van der Waals surface area contributed by atoms with Crippen LogP contribution in [0.2, 0.25) is 0 Å². The number of nitrogens with zero attached hydrogens (tertiary/aromatic N) is 4. The average Bonchev–Trinajstić information content (AvgIpc) is 3.30. The van der Waals surface area contributed by atoms with Gasteiger partial charge in [-0.05, 0) is 46.2 Å². The maximum absolute atomic E-state index is 12.0. The molecule has 2 heterocycles. The Morgan fingerprint density at radius 3 is 2.81 bits per heavy atom. The second kappa shape index (κ2) is 10.4. The maximum Gasteiger partial charge on any atom is 0.350 e. The first-order chi connectivity index (χ1) is 14.9. The Balaban J connectivity index is 1.53. The third-order valence-corrected chi connectivity index (χ3v) is 6.24. The van der Waals surface area contributed by atoms with E-state index in [9.17, 15) is 4.79 Å². The van der Waals surface area contributed by atoms with E-state index >= 15 is 0 Å². The van der Waals surface area contributed by atoms with Crippen molar-refractivity contribution in [3.63, 3.8) is 0 Å². The fraction of sp³-hybridized carbons (Fsp3) is 0.455. The molecule has 9 heteroatoms. The summed E-state index contributed by atoms with van der Waals surface area (Å²) < 4.78 is 7.35. The minimum atomic E-state index is -0.319. The Morgan fingerprint density at radius 2 is 2.06 bits per heavy atom. The van der Waals surface area contributed by atoms with E-state index in [4.69, 9.17) is 4.74 Å². The Kier molecular flexibility index (Phi) is 7.62. The highest BCUT2D eigenvalue weighted by atomic mass is 32.1. The topological polar surface area (TPSA) is 93.4 Å². The van der Waals surface area contributed by atoms with E-state index < -0.39 is 0 Å². The molecule has 0 saturated heterocycles. The minimum Gasteiger partial charge on any atom is -0.462 e. The predicted molar refractivity (Wildman–Crippen MR) is 125 cm³/mol. The highest BCUT2D eigenvalue weighted by Gasteiger charge is 2.20. The van der Waals surface area contributed by atoms with Gasteiger partial charge in [-0.15, -0.1) is 11.3 Å². The number of esters is 1. The van der Waals surface area contributed by atoms with Gasteiger partial charge in [0, 0.05) is 20.1 Å². The Bertz CT molecular complexity index is 1070. The third kappa shape index (κ3) is 5.41. The van der Waals surface area contributed by atoms with Crippen LogP contribution in [0.25, 0.3) is 11.0 Å². The van der Waals surface area contributed by atoms with Crippen molar-refractivity contribution < 1.29 is 9.53 Å². The second-order valence-corrected chi connectivity index (χ2v) is 8.24. The van der Waals surface area contributed by atoms with Crippen molar-refractivity contribution in [2.45, 2.75) is 46.7 Å². The molecule has 31 heavy (non-hydrogen) atoms. The zero-order valence-electron chi connectivity index (χ0n) is 18.7. The summed E-state index contributed by atoms with van der Waals surface area (Å²) in [5, 5.41) is 7.52. The Morgan fingerprint density at radius 1 is 1.29 bits per heavy atom. The second-order valence-electron chi connectivity index (χ2n) is 7.21. The molecule has 2 N–H and O–H groups in total. The molecule has 0 aliphatic rings. The molecule has 3 rings (SSSR count). The molecule has 0 fully saturated rings. The van der Waals surface area contributed by atoms with Crippen LogP contribution in [0.3, 0.4) is 0 Å². The number of fused-ring (bicyclic) bond motifs is 1. The Labute approximate surface area is 186 Å². The summed E-state index contributed by atoms with van der Waals surface area (Å²) in [7, 11) is 1.74. The molecular formula is C22H30N6O2S. The molecule has 1 unspecified atom stereocenters. The van der Waals surface area contributed by atoms with Crippen LogP contribution in [0.15, 0.2) is 29.3 Å². The summed E-state index contributed by atoms with van der Waals surface area (Å²) in [5.74, 6) is 1.40. The fourth-order valence-electron chi connectivity index (χ4n) is 3.37. The molecule has 0 bridgehead atoms. The van der Waals surface area contributed by atoms with Crippen LogP contribution in [0.4, 0.5) is 0 Å². The van der Waals surface area contributed by atoms with Crippen molar-refractivity contribution in [2.75, 3.05) is 20.2 Å². The lowest BCUT2D eigenvalue weighted by Crippen LogP contribution is -2.39. The van der Waals surface area contributed by atoms with Gasteiger partial charge < -0.3 is 19.9 Å². The maximum atomic E-state index is 12.0. The molecule has 0 aliphatic carbocycles. The molecule has 0 spiro atoms. The van der Waals surface area contributed by atoms with Crippen molar-refractivity contribution >= 4 is 34.3 Å². The van der Waals surface area contributed by atoms with E-state index in [2.05, 4.69) is 36.2 Å². The summed E-state index contributed by atoms with van der Waals surface area (Å²) in [6.07, 6.45) is 0.930. The van der Waals surface area contributed by atoms with Gasteiger partial charge in [-0.25, -0.2) is 14.8 Å². The summed E-state index contributed by atoms with van der Waals surface area (Å²) >= 11 is 1.36. The minimum absolute atomic E-state index is 0.0853. The molecule has 0 saturated carbocycles. The van der Waals surface area contributed by atoms with Gasteiger partial charge in [0.15, 0.2) is 5.96 Å². The lowest BCUT2D eigenvalue weighted by atomic mass is 10.3. The standard InChI is InChI=1S/C22H30N6O2S/c1-6-30-21(29)19-14(2)25-20(31-19)15(3)26-22(23-5)24-12-9-13-28-16(4)27-17-10-7-8-11-18(17)28/h7-8,10-11,15H,6,9,12-13H2,1-5H3,(H2,23,24,26). The zero-order valence-corrected chi connectivity index (χ0v) is 19.5. The highest BCUT2D eigenvalue weighted by molar-refractivity contribution is 7.13. The normalized spacial score (nSPS) is 12.7. The van der Waals surface area contributed by atoms with Crippen LogP contribution in [0, 0.1) is 13.8 Å².